The summed E-state index contributed by atoms with van der Waals surface area (Å²) < 4.78 is 16.4. The van der Waals surface area contributed by atoms with Gasteiger partial charge in [-0.05, 0) is 48.4 Å². The second-order valence-corrected chi connectivity index (χ2v) is 7.91. The van der Waals surface area contributed by atoms with Crippen LogP contribution in [0.2, 0.25) is 0 Å². The van der Waals surface area contributed by atoms with E-state index in [4.69, 9.17) is 14.2 Å². The third-order valence-corrected chi connectivity index (χ3v) is 5.24. The molecule has 0 N–H and O–H groups in total. The zero-order chi connectivity index (χ0) is 21.5. The zero-order valence-electron chi connectivity index (χ0n) is 18.4. The minimum absolute atomic E-state index is 0.0529. The molecule has 0 bridgehead atoms. The van der Waals surface area contributed by atoms with Crippen LogP contribution in [0.25, 0.3) is 0 Å². The molecule has 1 saturated heterocycles. The summed E-state index contributed by atoms with van der Waals surface area (Å²) in [5.74, 6) is 2.11. The Hall–Kier alpha value is -2.73. The zero-order valence-corrected chi connectivity index (χ0v) is 18.4. The Kier molecular flexibility index (Phi) is 7.57. The second-order valence-electron chi connectivity index (χ2n) is 7.91. The molecule has 0 unspecified atom stereocenters. The molecule has 0 atom stereocenters. The number of benzene rings is 2. The fourth-order valence-electron chi connectivity index (χ4n) is 3.57. The number of amides is 1. The highest BCUT2D eigenvalue weighted by atomic mass is 16.5. The van der Waals surface area contributed by atoms with Gasteiger partial charge in [0.1, 0.15) is 11.5 Å². The number of hydrogen-bond acceptors (Lipinski definition) is 5. The van der Waals surface area contributed by atoms with Crippen molar-refractivity contribution in [2.45, 2.75) is 20.5 Å². The highest BCUT2D eigenvalue weighted by Crippen LogP contribution is 2.24. The van der Waals surface area contributed by atoms with Crippen molar-refractivity contribution in [3.8, 4) is 11.5 Å². The van der Waals surface area contributed by atoms with E-state index in [-0.39, 0.29) is 5.91 Å². The van der Waals surface area contributed by atoms with Gasteiger partial charge in [-0.25, -0.2) is 0 Å². The SMILES string of the molecule is COc1ccc(N2CCN(C(=O)c3ccc(OC)c(COCC(C)C)c3)CC2)cc1. The Balaban J connectivity index is 1.62. The van der Waals surface area contributed by atoms with Crippen molar-refractivity contribution >= 4 is 11.6 Å². The average molecular weight is 413 g/mol. The predicted molar refractivity (Wildman–Crippen MR) is 119 cm³/mol. The molecule has 1 aliphatic rings. The molecule has 0 saturated carbocycles. The first-order valence-corrected chi connectivity index (χ1v) is 10.4. The molecule has 0 spiro atoms. The first kappa shape index (κ1) is 22.0. The van der Waals surface area contributed by atoms with Gasteiger partial charge in [-0.1, -0.05) is 13.8 Å². The Labute approximate surface area is 179 Å². The molecule has 0 aliphatic carbocycles. The maximum Gasteiger partial charge on any atom is 0.253 e. The van der Waals surface area contributed by atoms with E-state index in [9.17, 15) is 4.79 Å². The molecule has 3 rings (SSSR count). The third-order valence-electron chi connectivity index (χ3n) is 5.24. The van der Waals surface area contributed by atoms with E-state index in [0.717, 1.165) is 35.8 Å². The van der Waals surface area contributed by atoms with Crippen LogP contribution in [0, 0.1) is 5.92 Å². The minimum atomic E-state index is 0.0529. The van der Waals surface area contributed by atoms with E-state index >= 15 is 0 Å². The van der Waals surface area contributed by atoms with Crippen LogP contribution < -0.4 is 14.4 Å². The van der Waals surface area contributed by atoms with Crippen LogP contribution in [-0.2, 0) is 11.3 Å². The summed E-state index contributed by atoms with van der Waals surface area (Å²) in [6, 6.07) is 13.6. The lowest BCUT2D eigenvalue weighted by molar-refractivity contribution is 0.0745. The Morgan fingerprint density at radius 1 is 0.967 bits per heavy atom. The van der Waals surface area contributed by atoms with Crippen LogP contribution in [0.5, 0.6) is 11.5 Å². The van der Waals surface area contributed by atoms with Crippen molar-refractivity contribution in [1.82, 2.24) is 4.90 Å². The molecule has 6 nitrogen and oxygen atoms in total. The average Bonchev–Trinajstić information content (AvgIpc) is 2.78. The summed E-state index contributed by atoms with van der Waals surface area (Å²) in [5, 5.41) is 0. The van der Waals surface area contributed by atoms with Gasteiger partial charge in [-0.15, -0.1) is 0 Å². The van der Waals surface area contributed by atoms with E-state index in [0.29, 0.717) is 37.8 Å². The van der Waals surface area contributed by atoms with Crippen molar-refractivity contribution in [3.05, 3.63) is 53.6 Å². The lowest BCUT2D eigenvalue weighted by Gasteiger charge is -2.36. The van der Waals surface area contributed by atoms with Gasteiger partial charge in [0.15, 0.2) is 0 Å². The first-order chi connectivity index (χ1) is 14.5. The molecule has 0 aromatic heterocycles. The molecule has 1 aliphatic heterocycles. The summed E-state index contributed by atoms with van der Waals surface area (Å²) in [5.41, 5.74) is 2.73. The summed E-state index contributed by atoms with van der Waals surface area (Å²) in [6.45, 7) is 8.33. The van der Waals surface area contributed by atoms with E-state index in [1.165, 1.54) is 0 Å². The van der Waals surface area contributed by atoms with Crippen LogP contribution in [-0.4, -0.2) is 57.8 Å². The molecule has 1 fully saturated rings. The highest BCUT2D eigenvalue weighted by Gasteiger charge is 2.23. The first-order valence-electron chi connectivity index (χ1n) is 10.4. The van der Waals surface area contributed by atoms with E-state index in [1.807, 2.05) is 35.2 Å². The predicted octanol–water partition coefficient (Wildman–Crippen LogP) is 3.84. The molecule has 0 radical (unpaired) electrons. The van der Waals surface area contributed by atoms with Gasteiger partial charge in [0.05, 0.1) is 20.8 Å². The topological polar surface area (TPSA) is 51.2 Å². The van der Waals surface area contributed by atoms with Crippen LogP contribution in [0.3, 0.4) is 0 Å². The van der Waals surface area contributed by atoms with Crippen molar-refractivity contribution in [3.63, 3.8) is 0 Å². The summed E-state index contributed by atoms with van der Waals surface area (Å²) in [4.78, 5) is 17.3. The Bertz CT molecular complexity index is 828. The van der Waals surface area contributed by atoms with E-state index in [1.54, 1.807) is 14.2 Å². The molecular formula is C24H32N2O4. The van der Waals surface area contributed by atoms with Gasteiger partial charge in [0.25, 0.3) is 5.91 Å². The maximum atomic E-state index is 13.1. The molecule has 1 amide bonds. The van der Waals surface area contributed by atoms with Gasteiger partial charge < -0.3 is 24.0 Å². The molecule has 1 heterocycles. The monoisotopic (exact) mass is 412 g/mol. The van der Waals surface area contributed by atoms with Gasteiger partial charge in [-0.2, -0.15) is 0 Å². The van der Waals surface area contributed by atoms with E-state index < -0.39 is 0 Å². The highest BCUT2D eigenvalue weighted by molar-refractivity contribution is 5.94. The Morgan fingerprint density at radius 2 is 1.67 bits per heavy atom. The number of rotatable bonds is 8. The van der Waals surface area contributed by atoms with Crippen LogP contribution in [0.4, 0.5) is 5.69 Å². The molecule has 6 heteroatoms. The smallest absolute Gasteiger partial charge is 0.253 e. The molecule has 2 aromatic rings. The third kappa shape index (κ3) is 5.45. The Morgan fingerprint density at radius 3 is 2.27 bits per heavy atom. The fourth-order valence-corrected chi connectivity index (χ4v) is 3.57. The van der Waals surface area contributed by atoms with Gasteiger partial charge in [0, 0.05) is 49.6 Å². The lowest BCUT2D eigenvalue weighted by atomic mass is 10.1. The number of anilines is 1. The number of carbonyl (C=O) groups is 1. The number of piperazine rings is 1. The standard InChI is InChI=1S/C24H32N2O4/c1-18(2)16-30-17-20-15-19(5-10-23(20)29-4)24(27)26-13-11-25(12-14-26)21-6-8-22(28-3)9-7-21/h5-10,15,18H,11-14,16-17H2,1-4H3. The summed E-state index contributed by atoms with van der Waals surface area (Å²) >= 11 is 0. The second kappa shape index (κ2) is 10.3. The quantitative estimate of drug-likeness (QED) is 0.659. The van der Waals surface area contributed by atoms with Gasteiger partial charge in [-0.3, -0.25) is 4.79 Å². The van der Waals surface area contributed by atoms with Crippen molar-refractivity contribution in [2.75, 3.05) is 51.9 Å². The van der Waals surface area contributed by atoms with Gasteiger partial charge >= 0.3 is 0 Å². The van der Waals surface area contributed by atoms with Crippen LogP contribution in [0.15, 0.2) is 42.5 Å². The number of ether oxygens (including phenoxy) is 3. The van der Waals surface area contributed by atoms with Crippen LogP contribution in [0.1, 0.15) is 29.8 Å². The number of methoxy groups -OCH3 is 2. The summed E-state index contributed by atoms with van der Waals surface area (Å²) in [6.07, 6.45) is 0. The number of hydrogen-bond donors (Lipinski definition) is 0. The molecular weight excluding hydrogens is 380 g/mol. The fraction of sp³-hybridized carbons (Fsp3) is 0.458. The number of carbonyl (C=O) groups excluding carboxylic acids is 1. The van der Waals surface area contributed by atoms with Crippen molar-refractivity contribution in [1.29, 1.82) is 0 Å². The van der Waals surface area contributed by atoms with Crippen LogP contribution >= 0.6 is 0 Å². The largest absolute Gasteiger partial charge is 0.497 e. The normalized spacial score (nSPS) is 14.2. The van der Waals surface area contributed by atoms with E-state index in [2.05, 4.69) is 30.9 Å². The molecule has 30 heavy (non-hydrogen) atoms. The minimum Gasteiger partial charge on any atom is -0.497 e. The maximum absolute atomic E-state index is 13.1. The lowest BCUT2D eigenvalue weighted by Crippen LogP contribution is -2.48. The number of nitrogens with zero attached hydrogens (tertiary/aromatic N) is 2. The van der Waals surface area contributed by atoms with Gasteiger partial charge in [0.2, 0.25) is 0 Å². The van der Waals surface area contributed by atoms with Crippen molar-refractivity contribution in [2.24, 2.45) is 5.92 Å². The molecule has 2 aromatic carbocycles. The summed E-state index contributed by atoms with van der Waals surface area (Å²) in [7, 11) is 3.31. The molecule has 162 valence electrons. The van der Waals surface area contributed by atoms with Crippen molar-refractivity contribution < 1.29 is 19.0 Å².